The summed E-state index contributed by atoms with van der Waals surface area (Å²) in [6, 6.07) is 3.18. The minimum atomic E-state index is -0.518. The molecule has 0 radical (unpaired) electrons. The topological polar surface area (TPSA) is 52.6 Å². The van der Waals surface area contributed by atoms with E-state index in [-0.39, 0.29) is 22.7 Å². The van der Waals surface area contributed by atoms with E-state index < -0.39 is 17.7 Å². The van der Waals surface area contributed by atoms with Crippen LogP contribution in [-0.4, -0.2) is 25.5 Å². The molecule has 1 aromatic rings. The van der Waals surface area contributed by atoms with E-state index in [9.17, 15) is 9.59 Å². The van der Waals surface area contributed by atoms with Crippen molar-refractivity contribution in [2.75, 3.05) is 13.7 Å². The predicted molar refractivity (Wildman–Crippen MR) is 117 cm³/mol. The molecular weight excluding hydrogens is 407 g/mol. The molecule has 0 saturated heterocycles. The fourth-order valence-corrected chi connectivity index (χ4v) is 7.74. The lowest BCUT2D eigenvalue weighted by Gasteiger charge is -2.56. The summed E-state index contributed by atoms with van der Waals surface area (Å²) in [5, 5.41) is 0. The van der Waals surface area contributed by atoms with Gasteiger partial charge in [-0.2, -0.15) is 0 Å². The van der Waals surface area contributed by atoms with Gasteiger partial charge in [0, 0.05) is 17.4 Å². The quantitative estimate of drug-likeness (QED) is 0.404. The van der Waals surface area contributed by atoms with Crippen LogP contribution in [0.3, 0.4) is 0 Å². The number of esters is 1. The third kappa shape index (κ3) is 3.47. The molecule has 2 unspecified atom stereocenters. The van der Waals surface area contributed by atoms with Crippen LogP contribution in [0.25, 0.3) is 0 Å². The molecule has 1 aromatic carbocycles. The van der Waals surface area contributed by atoms with Crippen LogP contribution in [0.5, 0.6) is 5.75 Å². The number of halogens is 1. The van der Waals surface area contributed by atoms with E-state index in [1.165, 1.54) is 51.7 Å². The summed E-state index contributed by atoms with van der Waals surface area (Å²) >= 11 is 0. The highest BCUT2D eigenvalue weighted by atomic mass is 19.1. The Morgan fingerprint density at radius 3 is 2.12 bits per heavy atom. The molecule has 0 heterocycles. The molecule has 0 aromatic heterocycles. The highest BCUT2D eigenvalue weighted by molar-refractivity contribution is 6.01. The van der Waals surface area contributed by atoms with Crippen LogP contribution in [0, 0.1) is 40.8 Å². The predicted octanol–water partition coefficient (Wildman–Crippen LogP) is 5.68. The third-order valence-corrected chi connectivity index (χ3v) is 9.20. The second kappa shape index (κ2) is 7.56. The van der Waals surface area contributed by atoms with Crippen LogP contribution in [0.15, 0.2) is 12.1 Å². The lowest BCUT2D eigenvalue weighted by Crippen LogP contribution is -2.48. The standard InChI is InChI=1S/C27H33FO4/c1-31-26(30)20-5-4-19(20)25(29)22-9-21(18-2-3-18)24(10-23(22)28)32-14-27-11-15-6-16(12-27)8-17(7-15)13-27/h9-10,15-20H,2-8,11-14H2,1H3. The third-order valence-electron chi connectivity index (χ3n) is 9.20. The van der Waals surface area contributed by atoms with Gasteiger partial charge in [0.2, 0.25) is 0 Å². The number of Topliss-reactive ketones (excluding diaryl/α,β-unsaturated/α-hetero) is 1. The van der Waals surface area contributed by atoms with E-state index >= 15 is 4.39 Å². The number of carbonyl (C=O) groups excluding carboxylic acids is 2. The van der Waals surface area contributed by atoms with Gasteiger partial charge in [0.25, 0.3) is 0 Å². The Bertz CT molecular complexity index is 914. The molecule has 4 bridgehead atoms. The fourth-order valence-electron chi connectivity index (χ4n) is 7.74. The second-order valence-electron chi connectivity index (χ2n) is 11.5. The molecule has 0 spiro atoms. The lowest BCUT2D eigenvalue weighted by atomic mass is 9.50. The van der Waals surface area contributed by atoms with Crippen molar-refractivity contribution in [3.8, 4) is 5.75 Å². The molecule has 6 aliphatic carbocycles. The molecule has 6 fully saturated rings. The van der Waals surface area contributed by atoms with Crippen molar-refractivity contribution in [1.82, 2.24) is 0 Å². The average molecular weight is 441 g/mol. The Kier molecular flexibility index (Phi) is 4.89. The van der Waals surface area contributed by atoms with E-state index in [0.29, 0.717) is 31.1 Å². The molecule has 172 valence electrons. The smallest absolute Gasteiger partial charge is 0.309 e. The Balaban J connectivity index is 1.22. The largest absolute Gasteiger partial charge is 0.493 e. The van der Waals surface area contributed by atoms with Crippen LogP contribution < -0.4 is 4.74 Å². The molecule has 0 N–H and O–H groups in total. The van der Waals surface area contributed by atoms with Crippen LogP contribution in [-0.2, 0) is 9.53 Å². The Morgan fingerprint density at radius 2 is 1.59 bits per heavy atom. The molecule has 32 heavy (non-hydrogen) atoms. The van der Waals surface area contributed by atoms with Crippen LogP contribution in [0.2, 0.25) is 0 Å². The zero-order valence-electron chi connectivity index (χ0n) is 18.9. The lowest BCUT2D eigenvalue weighted by molar-refractivity contribution is -0.150. The summed E-state index contributed by atoms with van der Waals surface area (Å²) < 4.78 is 26.4. The molecule has 2 atom stereocenters. The zero-order chi connectivity index (χ0) is 22.0. The first-order valence-electron chi connectivity index (χ1n) is 12.5. The van der Waals surface area contributed by atoms with Gasteiger partial charge in [-0.25, -0.2) is 4.39 Å². The summed E-state index contributed by atoms with van der Waals surface area (Å²) in [6.07, 6.45) is 11.3. The second-order valence-corrected chi connectivity index (χ2v) is 11.5. The van der Waals surface area contributed by atoms with Gasteiger partial charge in [-0.15, -0.1) is 0 Å². The minimum Gasteiger partial charge on any atom is -0.493 e. The summed E-state index contributed by atoms with van der Waals surface area (Å²) in [4.78, 5) is 25.0. The highest BCUT2D eigenvalue weighted by Crippen LogP contribution is 2.60. The molecule has 4 nitrogen and oxygen atoms in total. The van der Waals surface area contributed by atoms with E-state index in [2.05, 4.69) is 0 Å². The molecule has 7 rings (SSSR count). The molecule has 6 saturated carbocycles. The van der Waals surface area contributed by atoms with Crippen molar-refractivity contribution in [3.05, 3.63) is 29.1 Å². The van der Waals surface area contributed by atoms with Crippen molar-refractivity contribution in [1.29, 1.82) is 0 Å². The first kappa shape index (κ1) is 20.7. The molecular formula is C27H33FO4. The summed E-state index contributed by atoms with van der Waals surface area (Å²) in [7, 11) is 1.34. The summed E-state index contributed by atoms with van der Waals surface area (Å²) in [5.41, 5.74) is 1.36. The van der Waals surface area contributed by atoms with Gasteiger partial charge < -0.3 is 9.47 Å². The maximum Gasteiger partial charge on any atom is 0.309 e. The summed E-state index contributed by atoms with van der Waals surface area (Å²) in [6.45, 7) is 0.677. The number of ketones is 1. The van der Waals surface area contributed by atoms with Crippen molar-refractivity contribution >= 4 is 11.8 Å². The zero-order valence-corrected chi connectivity index (χ0v) is 18.9. The number of carbonyl (C=O) groups is 2. The summed E-state index contributed by atoms with van der Waals surface area (Å²) in [5.74, 6) is 1.49. The molecule has 0 amide bonds. The number of ether oxygens (including phenoxy) is 2. The number of rotatable bonds is 7. The van der Waals surface area contributed by atoms with E-state index in [0.717, 1.165) is 36.2 Å². The van der Waals surface area contributed by atoms with Gasteiger partial charge in [0.05, 0.1) is 25.2 Å². The number of methoxy groups -OCH3 is 1. The Labute approximate surface area is 189 Å². The van der Waals surface area contributed by atoms with E-state index in [4.69, 9.17) is 9.47 Å². The van der Waals surface area contributed by atoms with Crippen molar-refractivity contribution < 1.29 is 23.5 Å². The van der Waals surface area contributed by atoms with Gasteiger partial charge in [-0.1, -0.05) is 0 Å². The maximum absolute atomic E-state index is 15.2. The Morgan fingerprint density at radius 1 is 0.969 bits per heavy atom. The first-order valence-corrected chi connectivity index (χ1v) is 12.5. The minimum absolute atomic E-state index is 0.118. The fraction of sp³-hybridized carbons (Fsp3) is 0.704. The Hall–Kier alpha value is -1.91. The van der Waals surface area contributed by atoms with Crippen LogP contribution >= 0.6 is 0 Å². The van der Waals surface area contributed by atoms with E-state index in [1.54, 1.807) is 6.07 Å². The van der Waals surface area contributed by atoms with E-state index in [1.807, 2.05) is 0 Å². The molecule has 5 heteroatoms. The average Bonchev–Trinajstić information content (AvgIpc) is 3.55. The monoisotopic (exact) mass is 440 g/mol. The number of hydrogen-bond donors (Lipinski definition) is 0. The maximum atomic E-state index is 15.2. The SMILES string of the molecule is COC(=O)C1CCC1C(=O)c1cc(C2CC2)c(OCC23CC4CC(CC(C4)C2)C3)cc1F. The van der Waals surface area contributed by atoms with Crippen molar-refractivity contribution in [3.63, 3.8) is 0 Å². The highest BCUT2D eigenvalue weighted by Gasteiger charge is 2.51. The van der Waals surface area contributed by atoms with Crippen LogP contribution in [0.1, 0.15) is 86.0 Å². The number of benzene rings is 1. The van der Waals surface area contributed by atoms with Crippen LogP contribution in [0.4, 0.5) is 4.39 Å². The van der Waals surface area contributed by atoms with Gasteiger partial charge >= 0.3 is 5.97 Å². The van der Waals surface area contributed by atoms with Gasteiger partial charge in [-0.05, 0) is 99.5 Å². The van der Waals surface area contributed by atoms with Gasteiger partial charge in [-0.3, -0.25) is 9.59 Å². The molecule has 0 aliphatic heterocycles. The normalized spacial score (nSPS) is 37.1. The first-order chi connectivity index (χ1) is 15.4. The van der Waals surface area contributed by atoms with Gasteiger partial charge in [0.1, 0.15) is 11.6 Å². The van der Waals surface area contributed by atoms with Gasteiger partial charge in [0.15, 0.2) is 5.78 Å². The number of hydrogen-bond acceptors (Lipinski definition) is 4. The molecule has 6 aliphatic rings. The van der Waals surface area contributed by atoms with Crippen molar-refractivity contribution in [2.24, 2.45) is 35.0 Å². The van der Waals surface area contributed by atoms with Crippen molar-refractivity contribution in [2.45, 2.75) is 70.1 Å².